The number of carbonyl (C=O) groups is 3. The van der Waals surface area contributed by atoms with Crippen molar-refractivity contribution in [1.29, 1.82) is 0 Å². The van der Waals surface area contributed by atoms with Crippen LogP contribution < -0.4 is 21.3 Å². The molecule has 2 amide bonds. The van der Waals surface area contributed by atoms with E-state index in [1.54, 1.807) is 24.4 Å². The Morgan fingerprint density at radius 3 is 2.55 bits per heavy atom. The van der Waals surface area contributed by atoms with Gasteiger partial charge >= 0.3 is 0 Å². The number of ketones is 1. The summed E-state index contributed by atoms with van der Waals surface area (Å²) in [7, 11) is 0. The van der Waals surface area contributed by atoms with E-state index < -0.39 is 5.91 Å². The predicted molar refractivity (Wildman–Crippen MR) is 149 cm³/mol. The van der Waals surface area contributed by atoms with Crippen molar-refractivity contribution < 1.29 is 14.4 Å². The number of nitrogens with two attached hydrogens (primary N) is 1. The lowest BCUT2D eigenvalue weighted by molar-refractivity contribution is 0.0933. The molecule has 3 atom stereocenters. The number of rotatable bonds is 10. The molecule has 2 heterocycles. The number of nitrogens with zero attached hydrogens (tertiary/aromatic N) is 2. The summed E-state index contributed by atoms with van der Waals surface area (Å²) < 4.78 is 0. The highest BCUT2D eigenvalue weighted by molar-refractivity contribution is 6.02. The van der Waals surface area contributed by atoms with Crippen molar-refractivity contribution in [2.45, 2.75) is 70.9 Å². The van der Waals surface area contributed by atoms with Crippen LogP contribution in [-0.4, -0.2) is 47.8 Å². The lowest BCUT2D eigenvalue weighted by Gasteiger charge is -2.38. The predicted octanol–water partition coefficient (Wildman–Crippen LogP) is 4.41. The lowest BCUT2D eigenvalue weighted by atomic mass is 9.92. The van der Waals surface area contributed by atoms with Crippen LogP contribution in [0, 0.1) is 17.8 Å². The van der Waals surface area contributed by atoms with E-state index in [4.69, 9.17) is 5.73 Å². The fraction of sp³-hybridized carbons (Fsp3) is 0.533. The molecule has 3 unspecified atom stereocenters. The molecule has 2 aliphatic carbocycles. The fourth-order valence-corrected chi connectivity index (χ4v) is 5.99. The maximum atomic E-state index is 13.2. The van der Waals surface area contributed by atoms with Gasteiger partial charge in [-0.25, -0.2) is 4.98 Å². The summed E-state index contributed by atoms with van der Waals surface area (Å²) in [5, 5.41) is 6.56. The maximum absolute atomic E-state index is 13.2. The first-order chi connectivity index (χ1) is 18.3. The molecule has 0 spiro atoms. The zero-order valence-electron chi connectivity index (χ0n) is 22.4. The van der Waals surface area contributed by atoms with Gasteiger partial charge in [0.1, 0.15) is 5.82 Å². The van der Waals surface area contributed by atoms with Gasteiger partial charge in [-0.1, -0.05) is 13.8 Å². The first kappa shape index (κ1) is 26.2. The van der Waals surface area contributed by atoms with Crippen molar-refractivity contribution in [1.82, 2.24) is 10.3 Å². The summed E-state index contributed by atoms with van der Waals surface area (Å²) in [5.74, 6) is 1.85. The molecule has 8 nitrogen and oxygen atoms in total. The summed E-state index contributed by atoms with van der Waals surface area (Å²) in [6.45, 7) is 5.81. The van der Waals surface area contributed by atoms with E-state index in [0.717, 1.165) is 44.6 Å². The normalized spacial score (nSPS) is 22.7. The molecule has 1 aromatic heterocycles. The zero-order valence-corrected chi connectivity index (χ0v) is 22.4. The standard InChI is InChI=1S/C30H39N5O3/c1-18(2)12-27(36)22-8-10-28(33-17-22)35-11-3-4-20-13-23(15-26(20)35)34-30(38)21-7-9-24(29(31)37)25(14-21)32-16-19-5-6-19/h7-10,14,17-20,23,26,32H,3-6,11-13,15-16H2,1-2H3,(H2,31,37)(H,34,38). The monoisotopic (exact) mass is 517 g/mol. The molecule has 1 aliphatic heterocycles. The number of anilines is 2. The summed E-state index contributed by atoms with van der Waals surface area (Å²) in [4.78, 5) is 44.5. The molecule has 0 bridgehead atoms. The number of pyridine rings is 1. The van der Waals surface area contributed by atoms with E-state index in [1.165, 1.54) is 12.8 Å². The van der Waals surface area contributed by atoms with Crippen molar-refractivity contribution >= 4 is 29.1 Å². The molecule has 5 rings (SSSR count). The van der Waals surface area contributed by atoms with Crippen molar-refractivity contribution in [3.8, 4) is 0 Å². The van der Waals surface area contributed by atoms with Gasteiger partial charge in [-0.3, -0.25) is 14.4 Å². The molecule has 3 fully saturated rings. The molecule has 2 aromatic rings. The van der Waals surface area contributed by atoms with Crippen LogP contribution in [0.15, 0.2) is 36.5 Å². The third-order valence-corrected chi connectivity index (χ3v) is 8.15. The quantitative estimate of drug-likeness (QED) is 0.402. The van der Waals surface area contributed by atoms with Gasteiger partial charge in [0.2, 0.25) is 0 Å². The van der Waals surface area contributed by atoms with Gasteiger partial charge in [0.25, 0.3) is 11.8 Å². The van der Waals surface area contributed by atoms with Gasteiger partial charge in [0.15, 0.2) is 5.78 Å². The number of aromatic nitrogens is 1. The van der Waals surface area contributed by atoms with Crippen molar-refractivity contribution in [3.63, 3.8) is 0 Å². The van der Waals surface area contributed by atoms with Crippen LogP contribution in [0.1, 0.15) is 89.9 Å². The SMILES string of the molecule is CC(C)CC(=O)c1ccc(N2CCCC3CC(NC(=O)c4ccc(C(N)=O)c(NCC5CC5)c4)CC32)nc1. The van der Waals surface area contributed by atoms with Gasteiger partial charge in [-0.05, 0) is 86.6 Å². The van der Waals surface area contributed by atoms with Crippen LogP contribution in [0.2, 0.25) is 0 Å². The Kier molecular flexibility index (Phi) is 7.68. The summed E-state index contributed by atoms with van der Waals surface area (Å²) >= 11 is 0. The van der Waals surface area contributed by atoms with E-state index >= 15 is 0 Å². The third kappa shape index (κ3) is 6.00. The molecule has 4 N–H and O–H groups in total. The topological polar surface area (TPSA) is 117 Å². The van der Waals surface area contributed by atoms with Crippen LogP contribution >= 0.6 is 0 Å². The summed E-state index contributed by atoms with van der Waals surface area (Å²) in [6.07, 6.45) is 8.64. The molecule has 1 saturated heterocycles. The Bertz CT molecular complexity index is 1190. The van der Waals surface area contributed by atoms with E-state index in [2.05, 4.69) is 20.5 Å². The summed E-state index contributed by atoms with van der Waals surface area (Å²) in [5.41, 5.74) is 7.80. The number of amides is 2. The molecule has 8 heteroatoms. The average Bonchev–Trinajstić information content (AvgIpc) is 3.64. The summed E-state index contributed by atoms with van der Waals surface area (Å²) in [6, 6.07) is 9.32. The molecule has 0 radical (unpaired) electrons. The Morgan fingerprint density at radius 2 is 1.87 bits per heavy atom. The molecule has 2 saturated carbocycles. The third-order valence-electron chi connectivity index (χ3n) is 8.15. The van der Waals surface area contributed by atoms with Gasteiger partial charge in [0, 0.05) is 54.6 Å². The van der Waals surface area contributed by atoms with Gasteiger partial charge < -0.3 is 21.3 Å². The van der Waals surface area contributed by atoms with E-state index in [1.807, 2.05) is 26.0 Å². The number of primary amides is 1. The number of hydrogen-bond donors (Lipinski definition) is 3. The molecule has 202 valence electrons. The minimum absolute atomic E-state index is 0.0729. The maximum Gasteiger partial charge on any atom is 0.251 e. The van der Waals surface area contributed by atoms with E-state index in [-0.39, 0.29) is 17.7 Å². The number of fused-ring (bicyclic) bond motifs is 1. The number of nitrogens with one attached hydrogen (secondary N) is 2. The van der Waals surface area contributed by atoms with Crippen LogP contribution in [0.25, 0.3) is 0 Å². The first-order valence-electron chi connectivity index (χ1n) is 14.0. The van der Waals surface area contributed by atoms with Crippen molar-refractivity contribution in [3.05, 3.63) is 53.2 Å². The van der Waals surface area contributed by atoms with Gasteiger partial charge in [-0.15, -0.1) is 0 Å². The second-order valence-electron chi connectivity index (χ2n) is 11.7. The lowest BCUT2D eigenvalue weighted by Crippen LogP contribution is -2.43. The number of benzene rings is 1. The van der Waals surface area contributed by atoms with E-state index in [0.29, 0.717) is 52.6 Å². The average molecular weight is 518 g/mol. The number of hydrogen-bond acceptors (Lipinski definition) is 6. The number of piperidine rings is 1. The second-order valence-corrected chi connectivity index (χ2v) is 11.7. The minimum Gasteiger partial charge on any atom is -0.384 e. The van der Waals surface area contributed by atoms with Crippen LogP contribution in [0.5, 0.6) is 0 Å². The molecular weight excluding hydrogens is 478 g/mol. The van der Waals surface area contributed by atoms with Gasteiger partial charge in [0.05, 0.1) is 5.56 Å². The highest BCUT2D eigenvalue weighted by Gasteiger charge is 2.41. The minimum atomic E-state index is -0.499. The Balaban J connectivity index is 1.24. The zero-order chi connectivity index (χ0) is 26.8. The smallest absolute Gasteiger partial charge is 0.251 e. The van der Waals surface area contributed by atoms with Crippen LogP contribution in [0.4, 0.5) is 11.5 Å². The molecule has 38 heavy (non-hydrogen) atoms. The molecular formula is C30H39N5O3. The van der Waals surface area contributed by atoms with Crippen molar-refractivity contribution in [2.75, 3.05) is 23.3 Å². The molecule has 3 aliphatic rings. The number of Topliss-reactive ketones (excluding diaryl/α,β-unsaturated/α-hetero) is 1. The molecule has 1 aromatic carbocycles. The van der Waals surface area contributed by atoms with E-state index in [9.17, 15) is 14.4 Å². The van der Waals surface area contributed by atoms with Gasteiger partial charge in [-0.2, -0.15) is 0 Å². The highest BCUT2D eigenvalue weighted by Crippen LogP contribution is 2.39. The Morgan fingerprint density at radius 1 is 1.08 bits per heavy atom. The Labute approximate surface area is 224 Å². The highest BCUT2D eigenvalue weighted by atomic mass is 16.2. The van der Waals surface area contributed by atoms with Crippen molar-refractivity contribution in [2.24, 2.45) is 23.5 Å². The second kappa shape index (κ2) is 11.1. The largest absolute Gasteiger partial charge is 0.384 e. The van der Waals surface area contributed by atoms with Crippen LogP contribution in [0.3, 0.4) is 0 Å². The van der Waals surface area contributed by atoms with Crippen LogP contribution in [-0.2, 0) is 0 Å². The Hall–Kier alpha value is -3.42. The number of carbonyl (C=O) groups excluding carboxylic acids is 3. The first-order valence-corrected chi connectivity index (χ1v) is 14.0. The fourth-order valence-electron chi connectivity index (χ4n) is 5.99.